The van der Waals surface area contributed by atoms with E-state index in [2.05, 4.69) is 36.4 Å². The van der Waals surface area contributed by atoms with Crippen LogP contribution in [-0.2, 0) is 9.59 Å². The number of hydrogen-bond donors (Lipinski definition) is 2. The van der Waals surface area contributed by atoms with Gasteiger partial charge in [0.15, 0.2) is 6.04 Å². The highest BCUT2D eigenvalue weighted by atomic mass is 16.2. The van der Waals surface area contributed by atoms with Crippen LogP contribution in [-0.4, -0.2) is 50.6 Å². The SMILES string of the molecule is Cc1cccc(N2C(=O)CC([NH+]3CC[NH+](CC=Cc4ccccc4)CC3)C2=O)c1. The predicted octanol–water partition coefficient (Wildman–Crippen LogP) is 0.124. The third kappa shape index (κ3) is 4.47. The molecule has 2 N–H and O–H groups in total. The first-order valence-corrected chi connectivity index (χ1v) is 10.4. The van der Waals surface area contributed by atoms with Crippen molar-refractivity contribution in [3.63, 3.8) is 0 Å². The Morgan fingerprint density at radius 1 is 1.00 bits per heavy atom. The lowest BCUT2D eigenvalue weighted by atomic mass is 10.1. The lowest BCUT2D eigenvalue weighted by molar-refractivity contribution is -1.02. The number of carbonyl (C=O) groups excluding carboxylic acids is 2. The van der Waals surface area contributed by atoms with Gasteiger partial charge in [-0.15, -0.1) is 0 Å². The molecule has 0 bridgehead atoms. The summed E-state index contributed by atoms with van der Waals surface area (Å²) in [5.74, 6) is -0.110. The van der Waals surface area contributed by atoms with Crippen LogP contribution in [0, 0.1) is 6.92 Å². The Balaban J connectivity index is 1.32. The van der Waals surface area contributed by atoms with Gasteiger partial charge < -0.3 is 9.80 Å². The van der Waals surface area contributed by atoms with Gasteiger partial charge in [0, 0.05) is 0 Å². The summed E-state index contributed by atoms with van der Waals surface area (Å²) in [7, 11) is 0. The van der Waals surface area contributed by atoms with E-state index in [1.54, 1.807) is 0 Å². The summed E-state index contributed by atoms with van der Waals surface area (Å²) in [5, 5.41) is 0. The lowest BCUT2D eigenvalue weighted by Gasteiger charge is -2.31. The van der Waals surface area contributed by atoms with Gasteiger partial charge in [-0.25, -0.2) is 4.90 Å². The van der Waals surface area contributed by atoms with Crippen molar-refractivity contribution in [3.05, 3.63) is 71.8 Å². The van der Waals surface area contributed by atoms with E-state index < -0.39 is 0 Å². The minimum Gasteiger partial charge on any atom is -0.322 e. The molecule has 2 fully saturated rings. The van der Waals surface area contributed by atoms with Gasteiger partial charge in [0.05, 0.1) is 18.7 Å². The molecule has 0 saturated carbocycles. The van der Waals surface area contributed by atoms with Crippen LogP contribution >= 0.6 is 0 Å². The molecule has 0 aliphatic carbocycles. The molecule has 0 aromatic heterocycles. The van der Waals surface area contributed by atoms with E-state index in [1.165, 1.54) is 20.3 Å². The third-order valence-electron chi connectivity index (χ3n) is 6.02. The minimum absolute atomic E-state index is 0.0389. The third-order valence-corrected chi connectivity index (χ3v) is 6.02. The molecule has 2 aromatic rings. The summed E-state index contributed by atoms with van der Waals surface area (Å²) in [6.07, 6.45) is 4.73. The number of nitrogens with zero attached hydrogens (tertiary/aromatic N) is 1. The van der Waals surface area contributed by atoms with Gasteiger partial charge in [-0.05, 0) is 36.3 Å². The van der Waals surface area contributed by atoms with E-state index in [9.17, 15) is 9.59 Å². The van der Waals surface area contributed by atoms with E-state index in [4.69, 9.17) is 0 Å². The Bertz CT molecular complexity index is 901. The highest BCUT2D eigenvalue weighted by Gasteiger charge is 2.46. The maximum absolute atomic E-state index is 13.0. The second-order valence-corrected chi connectivity index (χ2v) is 8.09. The van der Waals surface area contributed by atoms with Crippen molar-refractivity contribution in [1.29, 1.82) is 0 Å². The van der Waals surface area contributed by atoms with Crippen LogP contribution in [0.2, 0.25) is 0 Å². The molecule has 2 aliphatic heterocycles. The van der Waals surface area contributed by atoms with E-state index in [1.807, 2.05) is 37.3 Å². The number of rotatable bonds is 5. The van der Waals surface area contributed by atoms with Crippen molar-refractivity contribution in [1.82, 2.24) is 0 Å². The number of aryl methyl sites for hydroxylation is 1. The van der Waals surface area contributed by atoms with Crippen LogP contribution in [0.4, 0.5) is 5.69 Å². The topological polar surface area (TPSA) is 46.3 Å². The van der Waals surface area contributed by atoms with Crippen molar-refractivity contribution < 1.29 is 19.4 Å². The van der Waals surface area contributed by atoms with Gasteiger partial charge in [-0.1, -0.05) is 48.5 Å². The number of hydrogen-bond acceptors (Lipinski definition) is 2. The molecule has 5 heteroatoms. The molecule has 150 valence electrons. The van der Waals surface area contributed by atoms with Crippen LogP contribution < -0.4 is 14.7 Å². The normalized spacial score (nSPS) is 25.1. The summed E-state index contributed by atoms with van der Waals surface area (Å²) in [4.78, 5) is 29.8. The number of piperazine rings is 1. The number of amides is 2. The Labute approximate surface area is 172 Å². The molecular weight excluding hydrogens is 362 g/mol. The summed E-state index contributed by atoms with van der Waals surface area (Å²) in [5.41, 5.74) is 2.99. The number of imide groups is 1. The molecule has 2 saturated heterocycles. The van der Waals surface area contributed by atoms with Crippen molar-refractivity contribution >= 4 is 23.6 Å². The van der Waals surface area contributed by atoms with Crippen molar-refractivity contribution in [3.8, 4) is 0 Å². The molecule has 2 aromatic carbocycles. The van der Waals surface area contributed by atoms with E-state index in [0.29, 0.717) is 12.1 Å². The highest BCUT2D eigenvalue weighted by Crippen LogP contribution is 2.22. The number of nitrogens with one attached hydrogen (secondary N) is 2. The molecule has 2 amide bonds. The van der Waals surface area contributed by atoms with Crippen LogP contribution in [0.25, 0.3) is 6.08 Å². The van der Waals surface area contributed by atoms with Gasteiger partial charge in [-0.3, -0.25) is 9.59 Å². The molecule has 2 heterocycles. The molecule has 4 rings (SSSR count). The molecule has 0 spiro atoms. The van der Waals surface area contributed by atoms with Crippen LogP contribution in [0.15, 0.2) is 60.7 Å². The van der Waals surface area contributed by atoms with Crippen LogP contribution in [0.1, 0.15) is 17.5 Å². The zero-order valence-corrected chi connectivity index (χ0v) is 16.9. The Hall–Kier alpha value is -2.76. The molecule has 1 atom stereocenters. The van der Waals surface area contributed by atoms with Crippen LogP contribution in [0.3, 0.4) is 0 Å². The molecule has 2 aliphatic rings. The summed E-state index contributed by atoms with van der Waals surface area (Å²) >= 11 is 0. The number of benzene rings is 2. The highest BCUT2D eigenvalue weighted by molar-refractivity contribution is 6.21. The first-order chi connectivity index (χ1) is 14.1. The minimum atomic E-state index is -0.232. The summed E-state index contributed by atoms with van der Waals surface area (Å²) in [6, 6.07) is 17.7. The van der Waals surface area contributed by atoms with Gasteiger partial charge in [-0.2, -0.15) is 0 Å². The maximum atomic E-state index is 13.0. The van der Waals surface area contributed by atoms with Crippen molar-refractivity contribution in [2.75, 3.05) is 37.6 Å². The number of quaternary nitrogens is 2. The zero-order valence-electron chi connectivity index (χ0n) is 16.9. The van der Waals surface area contributed by atoms with E-state index >= 15 is 0 Å². The summed E-state index contributed by atoms with van der Waals surface area (Å²) in [6.45, 7) is 6.88. The van der Waals surface area contributed by atoms with E-state index in [0.717, 1.165) is 38.3 Å². The first kappa shape index (κ1) is 19.6. The second-order valence-electron chi connectivity index (χ2n) is 8.09. The van der Waals surface area contributed by atoms with E-state index in [-0.39, 0.29) is 17.9 Å². The van der Waals surface area contributed by atoms with Gasteiger partial charge in [0.25, 0.3) is 5.91 Å². The van der Waals surface area contributed by atoms with Crippen LogP contribution in [0.5, 0.6) is 0 Å². The fourth-order valence-electron chi connectivity index (χ4n) is 4.39. The van der Waals surface area contributed by atoms with Gasteiger partial charge >= 0.3 is 0 Å². The molecular formula is C24H29N3O2+2. The average Bonchev–Trinajstić information content (AvgIpc) is 3.03. The fraction of sp³-hybridized carbons (Fsp3) is 0.333. The second kappa shape index (κ2) is 8.72. The Morgan fingerprint density at radius 3 is 2.48 bits per heavy atom. The quantitative estimate of drug-likeness (QED) is 0.712. The number of carbonyl (C=O) groups is 2. The predicted molar refractivity (Wildman–Crippen MR) is 114 cm³/mol. The van der Waals surface area contributed by atoms with Crippen molar-refractivity contribution in [2.45, 2.75) is 19.4 Å². The standard InChI is InChI=1S/C24H27N3O2/c1-19-7-5-11-21(17-19)27-23(28)18-22(24(27)29)26-15-13-25(14-16-26)12-6-10-20-8-3-2-4-9-20/h2-11,17,22H,12-16,18H2,1H3/p+2. The Morgan fingerprint density at radius 2 is 1.76 bits per heavy atom. The average molecular weight is 392 g/mol. The summed E-state index contributed by atoms with van der Waals surface area (Å²) < 4.78 is 0. The molecule has 5 nitrogen and oxygen atoms in total. The number of anilines is 1. The molecule has 1 unspecified atom stereocenters. The molecule has 0 radical (unpaired) electrons. The lowest BCUT2D eigenvalue weighted by Crippen LogP contribution is -3.30. The van der Waals surface area contributed by atoms with Gasteiger partial charge in [0.1, 0.15) is 26.2 Å². The molecule has 29 heavy (non-hydrogen) atoms. The first-order valence-electron chi connectivity index (χ1n) is 10.4. The fourth-order valence-corrected chi connectivity index (χ4v) is 4.39. The largest absolute Gasteiger partial charge is 0.322 e. The maximum Gasteiger partial charge on any atom is 0.292 e. The monoisotopic (exact) mass is 391 g/mol. The van der Waals surface area contributed by atoms with Crippen molar-refractivity contribution in [2.24, 2.45) is 0 Å². The Kier molecular flexibility index (Phi) is 5.88. The van der Waals surface area contributed by atoms with Gasteiger partial charge in [0.2, 0.25) is 5.91 Å². The smallest absolute Gasteiger partial charge is 0.292 e. The zero-order chi connectivity index (χ0) is 20.2.